The number of hydrogen-bond donors (Lipinski definition) is 2. The first-order chi connectivity index (χ1) is 10.2. The Kier molecular flexibility index (Phi) is 4.65. The third kappa shape index (κ3) is 4.37. The van der Waals surface area contributed by atoms with Gasteiger partial charge in [-0.15, -0.1) is 13.2 Å². The molecule has 2 N–H and O–H groups in total. The van der Waals surface area contributed by atoms with Crippen molar-refractivity contribution in [2.45, 2.75) is 32.7 Å². The number of halogens is 3. The molecule has 1 amide bonds. The van der Waals surface area contributed by atoms with Gasteiger partial charge in [0.05, 0.1) is 0 Å². The van der Waals surface area contributed by atoms with Gasteiger partial charge in [-0.25, -0.2) is 0 Å². The highest BCUT2D eigenvalue weighted by Gasteiger charge is 2.33. The molecule has 1 unspecified atom stereocenters. The van der Waals surface area contributed by atoms with Crippen molar-refractivity contribution in [1.29, 1.82) is 0 Å². The smallest absolute Gasteiger partial charge is 0.406 e. The van der Waals surface area contributed by atoms with E-state index in [-0.39, 0.29) is 23.1 Å². The molecular formula is C15H19F3N2O2. The van der Waals surface area contributed by atoms with Crippen molar-refractivity contribution in [3.8, 4) is 5.75 Å². The van der Waals surface area contributed by atoms with Crippen molar-refractivity contribution in [3.05, 3.63) is 29.8 Å². The maximum absolute atomic E-state index is 12.2. The number of benzene rings is 1. The maximum atomic E-state index is 12.2. The minimum atomic E-state index is -4.73. The molecule has 1 fully saturated rings. The Labute approximate surface area is 127 Å². The quantitative estimate of drug-likeness (QED) is 0.901. The Bertz CT molecular complexity index is 527. The standard InChI is InChI=1S/C15H19F3N2O2/c1-14(2)9-19-8-7-12(14)20-13(21)10-3-5-11(6-4-10)22-15(16,17)18/h3-6,12,19H,7-9H2,1-2H3,(H,20,21). The molecular weight excluding hydrogens is 297 g/mol. The summed E-state index contributed by atoms with van der Waals surface area (Å²) in [4.78, 5) is 12.2. The zero-order valence-corrected chi connectivity index (χ0v) is 12.5. The number of ether oxygens (including phenoxy) is 1. The van der Waals surface area contributed by atoms with E-state index in [2.05, 4.69) is 29.2 Å². The number of rotatable bonds is 3. The van der Waals surface area contributed by atoms with Crippen molar-refractivity contribution in [3.63, 3.8) is 0 Å². The van der Waals surface area contributed by atoms with Crippen LogP contribution in [0.1, 0.15) is 30.6 Å². The summed E-state index contributed by atoms with van der Waals surface area (Å²) in [7, 11) is 0. The van der Waals surface area contributed by atoms with Crippen molar-refractivity contribution in [2.75, 3.05) is 13.1 Å². The average molecular weight is 316 g/mol. The van der Waals surface area contributed by atoms with Gasteiger partial charge in [0.2, 0.25) is 0 Å². The number of alkyl halides is 3. The Balaban J connectivity index is 2.01. The van der Waals surface area contributed by atoms with Gasteiger partial charge in [0.15, 0.2) is 0 Å². The monoisotopic (exact) mass is 316 g/mol. The lowest BCUT2D eigenvalue weighted by atomic mass is 9.80. The van der Waals surface area contributed by atoms with Crippen molar-refractivity contribution < 1.29 is 22.7 Å². The van der Waals surface area contributed by atoms with E-state index in [1.54, 1.807) is 0 Å². The highest BCUT2D eigenvalue weighted by Crippen LogP contribution is 2.26. The van der Waals surface area contributed by atoms with Gasteiger partial charge in [-0.2, -0.15) is 0 Å². The SMILES string of the molecule is CC1(C)CNCCC1NC(=O)c1ccc(OC(F)(F)F)cc1. The lowest BCUT2D eigenvalue weighted by Crippen LogP contribution is -2.54. The predicted molar refractivity (Wildman–Crippen MR) is 75.6 cm³/mol. The molecule has 1 heterocycles. The van der Waals surface area contributed by atoms with Gasteiger partial charge < -0.3 is 15.4 Å². The third-order valence-electron chi connectivity index (χ3n) is 3.79. The molecule has 0 radical (unpaired) electrons. The van der Waals surface area contributed by atoms with Crippen LogP contribution in [0.5, 0.6) is 5.75 Å². The second-order valence-electron chi connectivity index (χ2n) is 6.05. The van der Waals surface area contributed by atoms with Gasteiger partial charge in [-0.1, -0.05) is 13.8 Å². The molecule has 1 atom stereocenters. The zero-order valence-electron chi connectivity index (χ0n) is 12.5. The van der Waals surface area contributed by atoms with Crippen LogP contribution in [-0.2, 0) is 0 Å². The fourth-order valence-corrected chi connectivity index (χ4v) is 2.49. The van der Waals surface area contributed by atoms with Gasteiger partial charge >= 0.3 is 6.36 Å². The summed E-state index contributed by atoms with van der Waals surface area (Å²) < 4.78 is 40.0. The second-order valence-corrected chi connectivity index (χ2v) is 6.05. The van der Waals surface area contributed by atoms with E-state index >= 15 is 0 Å². The van der Waals surface area contributed by atoms with Crippen LogP contribution >= 0.6 is 0 Å². The maximum Gasteiger partial charge on any atom is 0.573 e. The first kappa shape index (κ1) is 16.6. The minimum absolute atomic E-state index is 0.0207. The number of amides is 1. The van der Waals surface area contributed by atoms with Crippen LogP contribution in [0, 0.1) is 5.41 Å². The molecule has 1 saturated heterocycles. The zero-order chi connectivity index (χ0) is 16.4. The molecule has 0 spiro atoms. The first-order valence-corrected chi connectivity index (χ1v) is 7.05. The number of hydrogen-bond acceptors (Lipinski definition) is 3. The summed E-state index contributed by atoms with van der Waals surface area (Å²) in [5.74, 6) is -0.634. The van der Waals surface area contributed by atoms with E-state index < -0.39 is 6.36 Å². The lowest BCUT2D eigenvalue weighted by Gasteiger charge is -2.39. The number of carbonyl (C=O) groups excluding carboxylic acids is 1. The molecule has 0 aliphatic carbocycles. The summed E-state index contributed by atoms with van der Waals surface area (Å²) in [5.41, 5.74) is 0.233. The molecule has 7 heteroatoms. The van der Waals surface area contributed by atoms with E-state index in [1.165, 1.54) is 12.1 Å². The fourth-order valence-electron chi connectivity index (χ4n) is 2.49. The summed E-state index contributed by atoms with van der Waals surface area (Å²) in [6.45, 7) is 5.75. The molecule has 22 heavy (non-hydrogen) atoms. The molecule has 0 saturated carbocycles. The van der Waals surface area contributed by atoms with Crippen LogP contribution in [0.25, 0.3) is 0 Å². The summed E-state index contributed by atoms with van der Waals surface area (Å²) in [6, 6.07) is 4.94. The van der Waals surface area contributed by atoms with E-state index in [1.807, 2.05) is 0 Å². The van der Waals surface area contributed by atoms with Gasteiger partial charge in [-0.05, 0) is 42.6 Å². The molecule has 1 aromatic carbocycles. The highest BCUT2D eigenvalue weighted by molar-refractivity contribution is 5.94. The van der Waals surface area contributed by atoms with E-state index in [4.69, 9.17) is 0 Å². The van der Waals surface area contributed by atoms with E-state index in [9.17, 15) is 18.0 Å². The second kappa shape index (κ2) is 6.16. The van der Waals surface area contributed by atoms with Crippen LogP contribution in [0.15, 0.2) is 24.3 Å². The number of piperidine rings is 1. The van der Waals surface area contributed by atoms with Crippen LogP contribution in [0.2, 0.25) is 0 Å². The average Bonchev–Trinajstić information content (AvgIpc) is 2.40. The minimum Gasteiger partial charge on any atom is -0.406 e. The Morgan fingerprint density at radius 1 is 1.32 bits per heavy atom. The fraction of sp³-hybridized carbons (Fsp3) is 0.533. The van der Waals surface area contributed by atoms with Crippen molar-refractivity contribution >= 4 is 5.91 Å². The third-order valence-corrected chi connectivity index (χ3v) is 3.79. The van der Waals surface area contributed by atoms with Gasteiger partial charge in [-0.3, -0.25) is 4.79 Å². The van der Waals surface area contributed by atoms with Gasteiger partial charge in [0.25, 0.3) is 5.91 Å². The molecule has 1 aliphatic heterocycles. The van der Waals surface area contributed by atoms with Crippen LogP contribution in [0.3, 0.4) is 0 Å². The van der Waals surface area contributed by atoms with Crippen LogP contribution in [0.4, 0.5) is 13.2 Å². The highest BCUT2D eigenvalue weighted by atomic mass is 19.4. The Hall–Kier alpha value is -1.76. The molecule has 1 aliphatic rings. The van der Waals surface area contributed by atoms with E-state index in [0.717, 1.165) is 31.6 Å². The van der Waals surface area contributed by atoms with Gasteiger partial charge in [0, 0.05) is 18.2 Å². The van der Waals surface area contributed by atoms with Crippen LogP contribution < -0.4 is 15.4 Å². The normalized spacial score (nSPS) is 21.2. The first-order valence-electron chi connectivity index (χ1n) is 7.05. The van der Waals surface area contributed by atoms with Crippen molar-refractivity contribution in [2.24, 2.45) is 5.41 Å². The van der Waals surface area contributed by atoms with Gasteiger partial charge in [0.1, 0.15) is 5.75 Å². The topological polar surface area (TPSA) is 50.4 Å². The molecule has 0 aromatic heterocycles. The summed E-state index contributed by atoms with van der Waals surface area (Å²) in [5, 5.41) is 6.22. The predicted octanol–water partition coefficient (Wildman–Crippen LogP) is 2.70. The van der Waals surface area contributed by atoms with Crippen molar-refractivity contribution in [1.82, 2.24) is 10.6 Å². The molecule has 0 bridgehead atoms. The Morgan fingerprint density at radius 3 is 2.50 bits per heavy atom. The lowest BCUT2D eigenvalue weighted by molar-refractivity contribution is -0.274. The molecule has 4 nitrogen and oxygen atoms in total. The molecule has 122 valence electrons. The Morgan fingerprint density at radius 2 is 1.95 bits per heavy atom. The summed E-state index contributed by atoms with van der Waals surface area (Å²) in [6.07, 6.45) is -3.92. The molecule has 1 aromatic rings. The summed E-state index contributed by atoms with van der Waals surface area (Å²) >= 11 is 0. The van der Waals surface area contributed by atoms with E-state index in [0.29, 0.717) is 5.56 Å². The molecule has 2 rings (SSSR count). The number of carbonyl (C=O) groups is 1. The number of nitrogens with one attached hydrogen (secondary N) is 2. The van der Waals surface area contributed by atoms with Crippen LogP contribution in [-0.4, -0.2) is 31.4 Å². The largest absolute Gasteiger partial charge is 0.573 e.